The minimum absolute atomic E-state index is 0.184. The maximum Gasteiger partial charge on any atom is 0.208 e. The molecule has 1 unspecified atom stereocenters. The van der Waals surface area contributed by atoms with Crippen LogP contribution in [-0.2, 0) is 16.0 Å². The van der Waals surface area contributed by atoms with E-state index < -0.39 is 0 Å². The van der Waals surface area contributed by atoms with E-state index in [1.165, 1.54) is 0 Å². The van der Waals surface area contributed by atoms with Crippen LogP contribution in [0, 0.1) is 13.8 Å². The molecule has 0 aliphatic carbocycles. The molecule has 0 radical (unpaired) electrons. The molecule has 1 aromatic heterocycles. The van der Waals surface area contributed by atoms with Gasteiger partial charge in [-0.1, -0.05) is 0 Å². The third-order valence-electron chi connectivity index (χ3n) is 3.30. The van der Waals surface area contributed by atoms with Gasteiger partial charge in [-0.3, -0.25) is 0 Å². The normalized spacial score (nSPS) is 24.4. The SMILES string of the molecule is COC1(CNCc2nc(C)c(C)o2)CCOC1. The van der Waals surface area contributed by atoms with Crippen LogP contribution in [0.15, 0.2) is 4.42 Å². The maximum atomic E-state index is 5.53. The highest BCUT2D eigenvalue weighted by Gasteiger charge is 2.34. The smallest absolute Gasteiger partial charge is 0.208 e. The Hall–Kier alpha value is -0.910. The summed E-state index contributed by atoms with van der Waals surface area (Å²) in [6, 6.07) is 0. The fourth-order valence-corrected chi connectivity index (χ4v) is 1.97. The number of nitrogens with zero attached hydrogens (tertiary/aromatic N) is 1. The molecule has 2 heterocycles. The van der Waals surface area contributed by atoms with E-state index in [4.69, 9.17) is 13.9 Å². The van der Waals surface area contributed by atoms with Gasteiger partial charge in [-0.25, -0.2) is 4.98 Å². The number of ether oxygens (including phenoxy) is 2. The van der Waals surface area contributed by atoms with Gasteiger partial charge in [0.05, 0.1) is 18.8 Å². The summed E-state index contributed by atoms with van der Waals surface area (Å²) in [4.78, 5) is 4.32. The Bertz CT molecular complexity index is 350. The average Bonchev–Trinajstić information content (AvgIpc) is 2.89. The van der Waals surface area contributed by atoms with Crippen molar-refractivity contribution in [2.45, 2.75) is 32.4 Å². The van der Waals surface area contributed by atoms with E-state index >= 15 is 0 Å². The molecular formula is C12H20N2O3. The highest BCUT2D eigenvalue weighted by molar-refractivity contribution is 5.05. The van der Waals surface area contributed by atoms with Crippen LogP contribution >= 0.6 is 0 Å². The van der Waals surface area contributed by atoms with Crippen LogP contribution in [0.5, 0.6) is 0 Å². The van der Waals surface area contributed by atoms with Crippen LogP contribution in [0.2, 0.25) is 0 Å². The molecule has 0 bridgehead atoms. The quantitative estimate of drug-likeness (QED) is 0.837. The highest BCUT2D eigenvalue weighted by Crippen LogP contribution is 2.21. The lowest BCUT2D eigenvalue weighted by atomic mass is 10.0. The molecule has 5 heteroatoms. The second-order valence-electron chi connectivity index (χ2n) is 4.54. The van der Waals surface area contributed by atoms with Crippen molar-refractivity contribution in [3.05, 3.63) is 17.3 Å². The second-order valence-corrected chi connectivity index (χ2v) is 4.54. The van der Waals surface area contributed by atoms with Crippen LogP contribution in [0.25, 0.3) is 0 Å². The van der Waals surface area contributed by atoms with Crippen molar-refractivity contribution in [1.29, 1.82) is 0 Å². The Labute approximate surface area is 102 Å². The summed E-state index contributed by atoms with van der Waals surface area (Å²) in [7, 11) is 1.73. The average molecular weight is 240 g/mol. The van der Waals surface area contributed by atoms with Gasteiger partial charge in [0.2, 0.25) is 5.89 Å². The minimum Gasteiger partial charge on any atom is -0.444 e. The molecule has 1 aromatic rings. The minimum atomic E-state index is -0.184. The van der Waals surface area contributed by atoms with Gasteiger partial charge in [-0.15, -0.1) is 0 Å². The predicted octanol–water partition coefficient (Wildman–Crippen LogP) is 1.19. The van der Waals surface area contributed by atoms with Crippen LogP contribution in [0.1, 0.15) is 23.8 Å². The first-order chi connectivity index (χ1) is 8.15. The zero-order valence-corrected chi connectivity index (χ0v) is 10.7. The number of aryl methyl sites for hydroxylation is 2. The molecule has 0 saturated carbocycles. The second kappa shape index (κ2) is 5.16. The highest BCUT2D eigenvalue weighted by atomic mass is 16.5. The largest absolute Gasteiger partial charge is 0.444 e. The summed E-state index contributed by atoms with van der Waals surface area (Å²) in [5.41, 5.74) is 0.767. The Balaban J connectivity index is 1.82. The van der Waals surface area contributed by atoms with E-state index in [1.54, 1.807) is 7.11 Å². The molecule has 96 valence electrons. The molecule has 1 aliphatic rings. The molecule has 0 spiro atoms. The van der Waals surface area contributed by atoms with E-state index in [0.29, 0.717) is 13.2 Å². The first-order valence-corrected chi connectivity index (χ1v) is 5.92. The zero-order valence-electron chi connectivity index (χ0n) is 10.7. The number of aromatic nitrogens is 1. The van der Waals surface area contributed by atoms with Crippen LogP contribution in [-0.4, -0.2) is 37.5 Å². The molecule has 17 heavy (non-hydrogen) atoms. The number of rotatable bonds is 5. The van der Waals surface area contributed by atoms with E-state index in [1.807, 2.05) is 13.8 Å². The summed E-state index contributed by atoms with van der Waals surface area (Å²) >= 11 is 0. The lowest BCUT2D eigenvalue weighted by molar-refractivity contribution is -0.0162. The molecule has 1 fully saturated rings. The maximum absolute atomic E-state index is 5.53. The van der Waals surface area contributed by atoms with Crippen molar-refractivity contribution < 1.29 is 13.9 Å². The number of methoxy groups -OCH3 is 1. The fourth-order valence-electron chi connectivity index (χ4n) is 1.97. The van der Waals surface area contributed by atoms with E-state index in [-0.39, 0.29) is 5.60 Å². The van der Waals surface area contributed by atoms with Gasteiger partial charge in [0.1, 0.15) is 11.4 Å². The first kappa shape index (κ1) is 12.5. The standard InChI is InChI=1S/C12H20N2O3/c1-9-10(2)17-11(14-9)6-13-7-12(15-3)4-5-16-8-12/h13H,4-8H2,1-3H3. The predicted molar refractivity (Wildman–Crippen MR) is 62.9 cm³/mol. The Morgan fingerprint density at radius 3 is 2.82 bits per heavy atom. The van der Waals surface area contributed by atoms with Gasteiger partial charge >= 0.3 is 0 Å². The lowest BCUT2D eigenvalue weighted by Crippen LogP contribution is -2.42. The van der Waals surface area contributed by atoms with E-state index in [0.717, 1.165) is 36.9 Å². The Morgan fingerprint density at radius 1 is 1.47 bits per heavy atom. The Morgan fingerprint density at radius 2 is 2.29 bits per heavy atom. The van der Waals surface area contributed by atoms with Crippen LogP contribution < -0.4 is 5.32 Å². The zero-order chi connectivity index (χ0) is 12.3. The van der Waals surface area contributed by atoms with Crippen LogP contribution in [0.4, 0.5) is 0 Å². The third kappa shape index (κ3) is 2.86. The molecule has 0 amide bonds. The van der Waals surface area contributed by atoms with Crippen molar-refractivity contribution >= 4 is 0 Å². The molecule has 2 rings (SSSR count). The number of oxazole rings is 1. The Kier molecular flexibility index (Phi) is 3.81. The van der Waals surface area contributed by atoms with Crippen molar-refractivity contribution in [3.63, 3.8) is 0 Å². The van der Waals surface area contributed by atoms with E-state index in [9.17, 15) is 0 Å². The molecule has 0 aromatic carbocycles. The molecule has 1 N–H and O–H groups in total. The van der Waals surface area contributed by atoms with Crippen molar-refractivity contribution in [1.82, 2.24) is 10.3 Å². The number of nitrogens with one attached hydrogen (secondary N) is 1. The lowest BCUT2D eigenvalue weighted by Gasteiger charge is -2.25. The molecule has 5 nitrogen and oxygen atoms in total. The third-order valence-corrected chi connectivity index (χ3v) is 3.30. The summed E-state index contributed by atoms with van der Waals surface area (Å²) < 4.78 is 16.4. The number of hydrogen-bond donors (Lipinski definition) is 1. The summed E-state index contributed by atoms with van der Waals surface area (Å²) in [5.74, 6) is 1.61. The van der Waals surface area contributed by atoms with Gasteiger partial charge in [-0.05, 0) is 13.8 Å². The van der Waals surface area contributed by atoms with Gasteiger partial charge in [0.25, 0.3) is 0 Å². The number of hydrogen-bond acceptors (Lipinski definition) is 5. The molecule has 1 aliphatic heterocycles. The molecule has 1 atom stereocenters. The first-order valence-electron chi connectivity index (χ1n) is 5.92. The van der Waals surface area contributed by atoms with E-state index in [2.05, 4.69) is 10.3 Å². The summed E-state index contributed by atoms with van der Waals surface area (Å²) in [5, 5.41) is 3.31. The fraction of sp³-hybridized carbons (Fsp3) is 0.750. The molecular weight excluding hydrogens is 220 g/mol. The van der Waals surface area contributed by atoms with Crippen molar-refractivity contribution in [2.75, 3.05) is 26.9 Å². The van der Waals surface area contributed by atoms with Gasteiger partial charge in [-0.2, -0.15) is 0 Å². The van der Waals surface area contributed by atoms with Crippen LogP contribution in [0.3, 0.4) is 0 Å². The monoisotopic (exact) mass is 240 g/mol. The summed E-state index contributed by atoms with van der Waals surface area (Å²) in [6.07, 6.45) is 0.931. The summed E-state index contributed by atoms with van der Waals surface area (Å²) in [6.45, 7) is 6.67. The van der Waals surface area contributed by atoms with Gasteiger partial charge in [0.15, 0.2) is 0 Å². The van der Waals surface area contributed by atoms with Crippen molar-refractivity contribution in [2.24, 2.45) is 0 Å². The molecule has 1 saturated heterocycles. The van der Waals surface area contributed by atoms with Gasteiger partial charge < -0.3 is 19.2 Å². The topological polar surface area (TPSA) is 56.5 Å². The van der Waals surface area contributed by atoms with Crippen molar-refractivity contribution in [3.8, 4) is 0 Å². The van der Waals surface area contributed by atoms with Gasteiger partial charge in [0, 0.05) is 26.7 Å².